The number of carbonyl (C=O) groups is 1. The van der Waals surface area contributed by atoms with Gasteiger partial charge in [0.25, 0.3) is 0 Å². The normalized spacial score (nSPS) is 23.4. The molecule has 0 radical (unpaired) electrons. The first kappa shape index (κ1) is 9.86. The molecule has 0 bridgehead atoms. The third-order valence-electron chi connectivity index (χ3n) is 2.83. The van der Waals surface area contributed by atoms with E-state index >= 15 is 0 Å². The molecule has 1 aromatic heterocycles. The number of carboxylic acids is 1. The molecule has 0 saturated carbocycles. The third kappa shape index (κ3) is 1.36. The molecule has 1 N–H and O–H groups in total. The van der Waals surface area contributed by atoms with E-state index in [1.54, 1.807) is 11.3 Å². The molecule has 0 fully saturated rings. The Labute approximate surface area is 96.1 Å². The lowest BCUT2D eigenvalue weighted by atomic mass is 9.96. The molecule has 84 valence electrons. The number of hydrogen-bond acceptors (Lipinski definition) is 4. The molecule has 1 aromatic rings. The maximum Gasteiger partial charge on any atom is 0.340 e. The number of carboxylic acid groups (broad SMARTS) is 1. The highest BCUT2D eigenvalue weighted by molar-refractivity contribution is 7.10. The van der Waals surface area contributed by atoms with E-state index in [0.717, 1.165) is 17.6 Å². The second kappa shape index (κ2) is 3.61. The monoisotopic (exact) mass is 238 g/mol. The van der Waals surface area contributed by atoms with E-state index in [1.807, 2.05) is 11.4 Å². The maximum absolute atomic E-state index is 11.0. The van der Waals surface area contributed by atoms with Gasteiger partial charge in [0.05, 0.1) is 6.61 Å². The number of rotatable bonds is 1. The quantitative estimate of drug-likeness (QED) is 0.811. The van der Waals surface area contributed by atoms with Crippen LogP contribution in [0.15, 0.2) is 17.2 Å². The molecule has 0 amide bonds. The molecular weight excluding hydrogens is 228 g/mol. The van der Waals surface area contributed by atoms with E-state index in [4.69, 9.17) is 14.6 Å². The number of thiophene rings is 1. The molecule has 16 heavy (non-hydrogen) atoms. The number of hydrogen-bond donors (Lipinski definition) is 1. The standard InChI is InChI=1S/C11H10O4S/c12-11(13)10-9-7(1-3-14-10)6-2-4-16-8(6)5-15-9/h2,4,10H,1,3,5H2,(H,12,13). The summed E-state index contributed by atoms with van der Waals surface area (Å²) in [6.45, 7) is 0.896. The molecule has 0 saturated heterocycles. The van der Waals surface area contributed by atoms with Gasteiger partial charge in [0.2, 0.25) is 6.10 Å². The first-order valence-corrected chi connectivity index (χ1v) is 5.92. The Balaban J connectivity index is 2.10. The molecular formula is C11H10O4S. The van der Waals surface area contributed by atoms with Crippen LogP contribution in [-0.4, -0.2) is 23.8 Å². The van der Waals surface area contributed by atoms with Crippen molar-refractivity contribution >= 4 is 22.9 Å². The summed E-state index contributed by atoms with van der Waals surface area (Å²) in [5.41, 5.74) is 2.14. The largest absolute Gasteiger partial charge is 0.489 e. The molecule has 1 unspecified atom stereocenters. The van der Waals surface area contributed by atoms with Gasteiger partial charge in [-0.1, -0.05) is 0 Å². The number of aliphatic carboxylic acids is 1. The predicted molar refractivity (Wildman–Crippen MR) is 58.0 cm³/mol. The summed E-state index contributed by atoms with van der Waals surface area (Å²) in [5.74, 6) is -0.490. The minimum atomic E-state index is -0.981. The second-order valence-corrected chi connectivity index (χ2v) is 4.73. The van der Waals surface area contributed by atoms with Gasteiger partial charge in [-0.05, 0) is 23.4 Å². The average molecular weight is 238 g/mol. The van der Waals surface area contributed by atoms with Crippen LogP contribution in [0, 0.1) is 0 Å². The van der Waals surface area contributed by atoms with E-state index in [2.05, 4.69) is 0 Å². The lowest BCUT2D eigenvalue weighted by Crippen LogP contribution is -2.33. The van der Waals surface area contributed by atoms with Crippen molar-refractivity contribution in [2.24, 2.45) is 0 Å². The molecule has 2 aliphatic rings. The summed E-state index contributed by atoms with van der Waals surface area (Å²) in [7, 11) is 0. The van der Waals surface area contributed by atoms with Crippen molar-refractivity contribution in [3.63, 3.8) is 0 Å². The zero-order chi connectivity index (χ0) is 11.1. The predicted octanol–water partition coefficient (Wildman–Crippen LogP) is 1.86. The van der Waals surface area contributed by atoms with Crippen molar-refractivity contribution in [2.75, 3.05) is 6.61 Å². The smallest absolute Gasteiger partial charge is 0.340 e. The Hall–Kier alpha value is -1.33. The van der Waals surface area contributed by atoms with Gasteiger partial charge in [-0.2, -0.15) is 0 Å². The minimum Gasteiger partial charge on any atom is -0.489 e. The first-order valence-electron chi connectivity index (χ1n) is 5.04. The highest BCUT2D eigenvalue weighted by Crippen LogP contribution is 2.39. The van der Waals surface area contributed by atoms with Gasteiger partial charge in [0.15, 0.2) is 0 Å². The third-order valence-corrected chi connectivity index (χ3v) is 3.72. The van der Waals surface area contributed by atoms with Gasteiger partial charge in [0, 0.05) is 10.5 Å². The first-order chi connectivity index (χ1) is 7.77. The second-order valence-electron chi connectivity index (χ2n) is 3.73. The van der Waals surface area contributed by atoms with Crippen LogP contribution < -0.4 is 0 Å². The van der Waals surface area contributed by atoms with Crippen molar-refractivity contribution in [2.45, 2.75) is 19.1 Å². The van der Waals surface area contributed by atoms with Crippen LogP contribution in [0.25, 0.3) is 5.57 Å². The molecule has 3 heterocycles. The topological polar surface area (TPSA) is 55.8 Å². The minimum absolute atomic E-state index is 0.439. The van der Waals surface area contributed by atoms with Gasteiger partial charge in [-0.15, -0.1) is 11.3 Å². The summed E-state index contributed by atoms with van der Waals surface area (Å²) in [6, 6.07) is 2.03. The summed E-state index contributed by atoms with van der Waals surface area (Å²) in [5, 5.41) is 11.0. The molecule has 3 rings (SSSR count). The molecule has 2 aliphatic heterocycles. The number of fused-ring (bicyclic) bond motifs is 2. The fourth-order valence-corrected chi connectivity index (χ4v) is 2.93. The zero-order valence-electron chi connectivity index (χ0n) is 8.43. The summed E-state index contributed by atoms with van der Waals surface area (Å²) in [6.07, 6.45) is -0.208. The van der Waals surface area contributed by atoms with Crippen molar-refractivity contribution in [3.05, 3.63) is 27.6 Å². The zero-order valence-corrected chi connectivity index (χ0v) is 9.25. The molecule has 0 aromatic carbocycles. The highest BCUT2D eigenvalue weighted by atomic mass is 32.1. The van der Waals surface area contributed by atoms with Crippen LogP contribution in [-0.2, 0) is 20.9 Å². The van der Waals surface area contributed by atoms with E-state index < -0.39 is 12.1 Å². The highest BCUT2D eigenvalue weighted by Gasteiger charge is 2.35. The fraction of sp³-hybridized carbons (Fsp3) is 0.364. The maximum atomic E-state index is 11.0. The Morgan fingerprint density at radius 2 is 2.44 bits per heavy atom. The van der Waals surface area contributed by atoms with Crippen LogP contribution in [0.5, 0.6) is 0 Å². The van der Waals surface area contributed by atoms with Crippen molar-refractivity contribution in [3.8, 4) is 0 Å². The van der Waals surface area contributed by atoms with Crippen LogP contribution in [0.2, 0.25) is 0 Å². The van der Waals surface area contributed by atoms with Gasteiger partial charge in [-0.3, -0.25) is 0 Å². The Bertz CT molecular complexity index is 474. The van der Waals surface area contributed by atoms with Crippen molar-refractivity contribution in [1.82, 2.24) is 0 Å². The van der Waals surface area contributed by atoms with E-state index in [-0.39, 0.29) is 0 Å². The lowest BCUT2D eigenvalue weighted by molar-refractivity contribution is -0.151. The van der Waals surface area contributed by atoms with Gasteiger partial charge < -0.3 is 14.6 Å². The van der Waals surface area contributed by atoms with Gasteiger partial charge >= 0.3 is 5.97 Å². The Morgan fingerprint density at radius 1 is 1.56 bits per heavy atom. The SMILES string of the molecule is O=C(O)C1OCCC2=C1OCc1sccc12. The molecule has 5 heteroatoms. The molecule has 0 spiro atoms. The Kier molecular flexibility index (Phi) is 2.22. The van der Waals surface area contributed by atoms with E-state index in [1.165, 1.54) is 4.88 Å². The van der Waals surface area contributed by atoms with E-state index in [0.29, 0.717) is 19.0 Å². The summed E-state index contributed by atoms with van der Waals surface area (Å²) >= 11 is 1.64. The summed E-state index contributed by atoms with van der Waals surface area (Å²) < 4.78 is 10.7. The van der Waals surface area contributed by atoms with Crippen LogP contribution in [0.3, 0.4) is 0 Å². The van der Waals surface area contributed by atoms with Crippen LogP contribution >= 0.6 is 11.3 Å². The fourth-order valence-electron chi connectivity index (χ4n) is 2.11. The molecule has 0 aliphatic carbocycles. The Morgan fingerprint density at radius 3 is 3.25 bits per heavy atom. The lowest BCUT2D eigenvalue weighted by Gasteiger charge is -2.29. The van der Waals surface area contributed by atoms with Crippen molar-refractivity contribution < 1.29 is 19.4 Å². The van der Waals surface area contributed by atoms with Gasteiger partial charge in [0.1, 0.15) is 12.4 Å². The van der Waals surface area contributed by atoms with E-state index in [9.17, 15) is 4.79 Å². The van der Waals surface area contributed by atoms with Gasteiger partial charge in [-0.25, -0.2) is 4.79 Å². The number of ether oxygens (including phenoxy) is 2. The molecule has 4 nitrogen and oxygen atoms in total. The average Bonchev–Trinajstić information content (AvgIpc) is 2.76. The summed E-state index contributed by atoms with van der Waals surface area (Å²) in [4.78, 5) is 12.2. The van der Waals surface area contributed by atoms with Crippen LogP contribution in [0.1, 0.15) is 16.9 Å². The van der Waals surface area contributed by atoms with Crippen molar-refractivity contribution in [1.29, 1.82) is 0 Å². The molecule has 1 atom stereocenters. The van der Waals surface area contributed by atoms with Crippen LogP contribution in [0.4, 0.5) is 0 Å².